The zero-order chi connectivity index (χ0) is 53.9. The van der Waals surface area contributed by atoms with Gasteiger partial charge in [-0.2, -0.15) is 15.3 Å². The van der Waals surface area contributed by atoms with Crippen LogP contribution in [-0.2, 0) is 0 Å². The lowest BCUT2D eigenvalue weighted by Gasteiger charge is -2.23. The summed E-state index contributed by atoms with van der Waals surface area (Å²) in [7, 11) is 0. The highest BCUT2D eigenvalue weighted by atomic mass is 15.5. The molecule has 1 unspecified atom stereocenters. The van der Waals surface area contributed by atoms with E-state index in [1.165, 1.54) is 43.4 Å². The molecule has 2 aromatic heterocycles. The van der Waals surface area contributed by atoms with Gasteiger partial charge in [0.15, 0.2) is 0 Å². The third-order valence-electron chi connectivity index (χ3n) is 15.4. The monoisotopic (exact) mass is 1040 g/mol. The zero-order valence-electron chi connectivity index (χ0n) is 44.4. The van der Waals surface area contributed by atoms with E-state index in [9.17, 15) is 0 Å². The van der Waals surface area contributed by atoms with Crippen molar-refractivity contribution in [1.82, 2.24) is 19.6 Å². The molecule has 0 saturated heterocycles. The lowest BCUT2D eigenvalue weighted by molar-refractivity contribution is 0.709. The van der Waals surface area contributed by atoms with Crippen LogP contribution >= 0.6 is 0 Å². The molecule has 0 bridgehead atoms. The number of benzene rings is 12. The molecular weight excluding hydrogens is 985 g/mol. The Kier molecular flexibility index (Phi) is 13.0. The highest BCUT2D eigenvalue weighted by Crippen LogP contribution is 2.38. The van der Waals surface area contributed by atoms with Gasteiger partial charge in [0.1, 0.15) is 0 Å². The maximum absolute atomic E-state index is 5.16. The van der Waals surface area contributed by atoms with Crippen molar-refractivity contribution in [2.24, 2.45) is 5.10 Å². The van der Waals surface area contributed by atoms with E-state index in [1.54, 1.807) is 0 Å². The smallest absolute Gasteiger partial charge is 0.0934 e. The summed E-state index contributed by atoms with van der Waals surface area (Å²) in [5.41, 5.74) is 17.4. The first kappa shape index (κ1) is 48.7. The summed E-state index contributed by atoms with van der Waals surface area (Å²) in [6.45, 7) is 0. The summed E-state index contributed by atoms with van der Waals surface area (Å²) in [5, 5.41) is 24.9. The minimum atomic E-state index is 0.218. The number of hydrogen-bond donors (Lipinski definition) is 0. The molecule has 0 spiro atoms. The second-order valence-electron chi connectivity index (χ2n) is 20.5. The Bertz CT molecular complexity index is 4330. The number of aromatic nitrogens is 4. The standard InChI is InChI=1S/C50H34N4.C25H20N2/c1-3-13-39(14-4-1)49-33-47(43-21-19-35-11-7-9-17-41(35)31-43)51-53(49)45-27-23-37(24-28-45)38-25-29-46(30-26-38)54-50(40-15-5-2-6-16-40)34-48(52-54)44-22-20-36-12-8-10-18-42(36)32-44;1-3-10-20(11-4-1)25-18-24(26-27(25)23-13-5-2-6-14-23)22-16-15-19-9-7-8-12-21(19)17-22/h1-34H;1-17,25H,18H2. The van der Waals surface area contributed by atoms with Crippen LogP contribution in [0.5, 0.6) is 0 Å². The van der Waals surface area contributed by atoms with Crippen LogP contribution in [0.4, 0.5) is 5.69 Å². The van der Waals surface area contributed by atoms with Crippen LogP contribution in [0.1, 0.15) is 23.6 Å². The van der Waals surface area contributed by atoms with Gasteiger partial charge in [0, 0.05) is 28.7 Å². The number of rotatable bonds is 10. The van der Waals surface area contributed by atoms with Gasteiger partial charge in [-0.25, -0.2) is 9.36 Å². The molecule has 1 aliphatic heterocycles. The first-order valence-corrected chi connectivity index (χ1v) is 27.6. The largest absolute Gasteiger partial charge is 0.257 e. The van der Waals surface area contributed by atoms with Gasteiger partial charge in [-0.3, -0.25) is 5.01 Å². The molecule has 0 radical (unpaired) electrons. The highest BCUT2D eigenvalue weighted by molar-refractivity contribution is 6.06. The van der Waals surface area contributed by atoms with Crippen molar-refractivity contribution < 1.29 is 0 Å². The summed E-state index contributed by atoms with van der Waals surface area (Å²) < 4.78 is 4.12. The van der Waals surface area contributed by atoms with Gasteiger partial charge in [0.2, 0.25) is 0 Å². The Labute approximate surface area is 471 Å². The molecule has 1 atom stereocenters. The van der Waals surface area contributed by atoms with Crippen molar-refractivity contribution in [2.75, 3.05) is 5.01 Å². The van der Waals surface area contributed by atoms with E-state index in [2.05, 4.69) is 306 Å². The molecule has 6 heteroatoms. The van der Waals surface area contributed by atoms with Crippen molar-refractivity contribution in [1.29, 1.82) is 0 Å². The summed E-state index contributed by atoms with van der Waals surface area (Å²) in [4.78, 5) is 0. The molecular formula is C75H54N6. The van der Waals surface area contributed by atoms with Crippen molar-refractivity contribution in [3.05, 3.63) is 321 Å². The molecule has 1 aliphatic rings. The maximum Gasteiger partial charge on any atom is 0.0934 e. The van der Waals surface area contributed by atoms with Crippen LogP contribution in [0.15, 0.2) is 314 Å². The van der Waals surface area contributed by atoms with Crippen molar-refractivity contribution in [2.45, 2.75) is 12.5 Å². The molecule has 6 nitrogen and oxygen atoms in total. The third-order valence-corrected chi connectivity index (χ3v) is 15.4. The average molecular weight is 1040 g/mol. The van der Waals surface area contributed by atoms with Gasteiger partial charge in [-0.15, -0.1) is 0 Å². The van der Waals surface area contributed by atoms with E-state index in [0.29, 0.717) is 0 Å². The normalized spacial score (nSPS) is 13.1. The van der Waals surface area contributed by atoms with E-state index in [-0.39, 0.29) is 6.04 Å². The lowest BCUT2D eigenvalue weighted by atomic mass is 9.97. The lowest BCUT2D eigenvalue weighted by Crippen LogP contribution is -2.18. The van der Waals surface area contributed by atoms with Crippen LogP contribution in [0.3, 0.4) is 0 Å². The highest BCUT2D eigenvalue weighted by Gasteiger charge is 2.30. The SMILES string of the molecule is c1ccc(-c2cc(-c3ccc4ccccc4c3)nn2-c2ccc(-c3ccc(-n4nc(-c5ccc6ccccc6c5)cc4-c4ccccc4)cc3)cc2)cc1.c1ccc(C2CC(c3ccc4ccccc4c3)=NN2c2ccccc2)cc1. The quantitative estimate of drug-likeness (QED) is 0.137. The molecule has 0 N–H and O–H groups in total. The molecule has 384 valence electrons. The van der Waals surface area contributed by atoms with Crippen molar-refractivity contribution >= 4 is 43.7 Å². The topological polar surface area (TPSA) is 51.2 Å². The minimum Gasteiger partial charge on any atom is -0.257 e. The Hall–Kier alpha value is -10.7. The zero-order valence-corrected chi connectivity index (χ0v) is 44.4. The Morgan fingerprint density at radius 1 is 0.272 bits per heavy atom. The molecule has 14 aromatic rings. The van der Waals surface area contributed by atoms with Crippen molar-refractivity contribution in [3.63, 3.8) is 0 Å². The fourth-order valence-corrected chi connectivity index (χ4v) is 11.2. The number of hydrogen-bond acceptors (Lipinski definition) is 4. The van der Waals surface area contributed by atoms with E-state index in [1.807, 2.05) is 18.2 Å². The first-order valence-electron chi connectivity index (χ1n) is 27.6. The van der Waals surface area contributed by atoms with E-state index >= 15 is 0 Å². The van der Waals surface area contributed by atoms with Crippen LogP contribution in [0.25, 0.3) is 99.8 Å². The Balaban J connectivity index is 0.000000182. The van der Waals surface area contributed by atoms with Gasteiger partial charge < -0.3 is 0 Å². The molecule has 81 heavy (non-hydrogen) atoms. The van der Waals surface area contributed by atoms with Crippen LogP contribution in [0.2, 0.25) is 0 Å². The first-order chi connectivity index (χ1) is 40.1. The Morgan fingerprint density at radius 3 is 1.07 bits per heavy atom. The average Bonchev–Trinajstić information content (AvgIpc) is 4.34. The third kappa shape index (κ3) is 9.99. The molecule has 15 rings (SSSR count). The molecule has 0 saturated carbocycles. The number of para-hydroxylation sites is 1. The van der Waals surface area contributed by atoms with Gasteiger partial charge >= 0.3 is 0 Å². The van der Waals surface area contributed by atoms with E-state index in [4.69, 9.17) is 15.3 Å². The number of fused-ring (bicyclic) bond motifs is 3. The fourth-order valence-electron chi connectivity index (χ4n) is 11.2. The van der Waals surface area contributed by atoms with Gasteiger partial charge in [0.25, 0.3) is 0 Å². The van der Waals surface area contributed by atoms with E-state index < -0.39 is 0 Å². The minimum absolute atomic E-state index is 0.218. The van der Waals surface area contributed by atoms with Crippen LogP contribution in [0, 0.1) is 0 Å². The van der Waals surface area contributed by atoms with Gasteiger partial charge in [0.05, 0.1) is 51.6 Å². The number of hydrazone groups is 1. The molecule has 0 aliphatic carbocycles. The van der Waals surface area contributed by atoms with E-state index in [0.717, 1.165) is 85.4 Å². The molecule has 0 fully saturated rings. The van der Waals surface area contributed by atoms with Crippen molar-refractivity contribution in [3.8, 4) is 67.5 Å². The van der Waals surface area contributed by atoms with Gasteiger partial charge in [-0.05, 0) is 121 Å². The molecule has 12 aromatic carbocycles. The fraction of sp³-hybridized carbons (Fsp3) is 0.0267. The summed E-state index contributed by atoms with van der Waals surface area (Å²) >= 11 is 0. The second kappa shape index (κ2) is 21.6. The predicted molar refractivity (Wildman–Crippen MR) is 336 cm³/mol. The molecule has 0 amide bonds. The summed E-state index contributed by atoms with van der Waals surface area (Å²) in [6, 6.07) is 109. The van der Waals surface area contributed by atoms with Gasteiger partial charge in [-0.1, -0.05) is 243 Å². The molecule has 3 heterocycles. The second-order valence-corrected chi connectivity index (χ2v) is 20.5. The number of anilines is 1. The number of nitrogens with zero attached hydrogens (tertiary/aromatic N) is 6. The summed E-state index contributed by atoms with van der Waals surface area (Å²) in [5.74, 6) is 0. The summed E-state index contributed by atoms with van der Waals surface area (Å²) in [6.07, 6.45) is 0.900. The predicted octanol–water partition coefficient (Wildman–Crippen LogP) is 18.9. The Morgan fingerprint density at radius 2 is 0.630 bits per heavy atom. The van der Waals surface area contributed by atoms with Crippen LogP contribution < -0.4 is 5.01 Å². The van der Waals surface area contributed by atoms with Crippen LogP contribution in [-0.4, -0.2) is 25.3 Å². The maximum atomic E-state index is 5.16.